The summed E-state index contributed by atoms with van der Waals surface area (Å²) in [4.78, 5) is 38.6. The summed E-state index contributed by atoms with van der Waals surface area (Å²) >= 11 is 0. The zero-order chi connectivity index (χ0) is 18.3. The molecule has 2 aliphatic rings. The van der Waals surface area contributed by atoms with Crippen LogP contribution in [0.5, 0.6) is 0 Å². The molecule has 1 saturated heterocycles. The minimum absolute atomic E-state index is 0.0833. The lowest BCUT2D eigenvalue weighted by molar-refractivity contribution is -0.132. The molecule has 1 aliphatic heterocycles. The maximum atomic E-state index is 13.0. The number of aryl methyl sites for hydroxylation is 1. The van der Waals surface area contributed by atoms with Gasteiger partial charge in [-0.2, -0.15) is 0 Å². The average molecular weight is 354 g/mol. The Morgan fingerprint density at radius 1 is 1.12 bits per heavy atom. The Morgan fingerprint density at radius 3 is 2.62 bits per heavy atom. The van der Waals surface area contributed by atoms with Crippen molar-refractivity contribution in [3.8, 4) is 0 Å². The highest BCUT2D eigenvalue weighted by Gasteiger charge is 2.51. The van der Waals surface area contributed by atoms with Crippen LogP contribution < -0.4 is 10.9 Å². The fraction of sp³-hybridized carbons (Fsp3) is 0.450. The average Bonchev–Trinajstić information content (AvgIpc) is 2.85. The van der Waals surface area contributed by atoms with Crippen LogP contribution in [0.25, 0.3) is 11.0 Å². The van der Waals surface area contributed by atoms with Gasteiger partial charge in [0.05, 0.1) is 6.54 Å². The highest BCUT2D eigenvalue weighted by atomic mass is 16.4. The van der Waals surface area contributed by atoms with Gasteiger partial charge in [-0.15, -0.1) is 0 Å². The molecule has 4 rings (SSSR count). The van der Waals surface area contributed by atoms with Gasteiger partial charge in [0.1, 0.15) is 11.1 Å². The Bertz CT molecular complexity index is 940. The van der Waals surface area contributed by atoms with Crippen LogP contribution in [-0.2, 0) is 17.8 Å². The van der Waals surface area contributed by atoms with E-state index in [9.17, 15) is 14.4 Å². The van der Waals surface area contributed by atoms with Gasteiger partial charge < -0.3 is 9.73 Å². The molecule has 2 aromatic rings. The second kappa shape index (κ2) is 6.27. The van der Waals surface area contributed by atoms with Crippen molar-refractivity contribution in [2.75, 3.05) is 0 Å². The lowest BCUT2D eigenvalue weighted by Crippen LogP contribution is -2.48. The predicted octanol–water partition coefficient (Wildman–Crippen LogP) is 3.11. The number of carbonyl (C=O) groups is 2. The van der Waals surface area contributed by atoms with Gasteiger partial charge in [0, 0.05) is 11.5 Å². The Hall–Kier alpha value is -2.63. The molecule has 1 aromatic carbocycles. The number of nitrogens with one attached hydrogen (secondary N) is 1. The predicted molar refractivity (Wildman–Crippen MR) is 96.8 cm³/mol. The maximum absolute atomic E-state index is 13.0. The number of hydrogen-bond donors (Lipinski definition) is 1. The van der Waals surface area contributed by atoms with Crippen LogP contribution >= 0.6 is 0 Å². The maximum Gasteiger partial charge on any atom is 0.336 e. The van der Waals surface area contributed by atoms with Gasteiger partial charge in [-0.1, -0.05) is 38.3 Å². The van der Waals surface area contributed by atoms with Crippen molar-refractivity contribution in [3.05, 3.63) is 45.8 Å². The minimum Gasteiger partial charge on any atom is -0.423 e. The summed E-state index contributed by atoms with van der Waals surface area (Å²) < 4.78 is 5.31. The van der Waals surface area contributed by atoms with Gasteiger partial charge in [-0.25, -0.2) is 9.59 Å². The summed E-state index contributed by atoms with van der Waals surface area (Å²) in [6.45, 7) is 2.11. The molecule has 0 radical (unpaired) electrons. The van der Waals surface area contributed by atoms with Crippen LogP contribution in [0.2, 0.25) is 0 Å². The number of rotatable bonds is 3. The van der Waals surface area contributed by atoms with Gasteiger partial charge in [-0.3, -0.25) is 9.69 Å². The smallest absolute Gasteiger partial charge is 0.336 e. The van der Waals surface area contributed by atoms with Gasteiger partial charge >= 0.3 is 11.7 Å². The van der Waals surface area contributed by atoms with Gasteiger partial charge in [-0.05, 0) is 36.5 Å². The Kier molecular flexibility index (Phi) is 4.05. The van der Waals surface area contributed by atoms with Crippen LogP contribution in [-0.4, -0.2) is 22.4 Å². The van der Waals surface area contributed by atoms with E-state index in [1.54, 1.807) is 0 Å². The van der Waals surface area contributed by atoms with Crippen LogP contribution in [0, 0.1) is 0 Å². The number of carbonyl (C=O) groups excluding carboxylic acids is 2. The van der Waals surface area contributed by atoms with E-state index in [4.69, 9.17) is 4.42 Å². The summed E-state index contributed by atoms with van der Waals surface area (Å²) in [5.74, 6) is -0.172. The van der Waals surface area contributed by atoms with E-state index in [2.05, 4.69) is 5.32 Å². The van der Waals surface area contributed by atoms with Crippen molar-refractivity contribution < 1.29 is 14.0 Å². The van der Waals surface area contributed by atoms with E-state index >= 15 is 0 Å². The van der Waals surface area contributed by atoms with E-state index in [1.165, 1.54) is 11.0 Å². The first kappa shape index (κ1) is 16.8. The fourth-order valence-corrected chi connectivity index (χ4v) is 4.11. The van der Waals surface area contributed by atoms with Crippen molar-refractivity contribution in [3.63, 3.8) is 0 Å². The van der Waals surface area contributed by atoms with Gasteiger partial charge in [0.15, 0.2) is 0 Å². The molecule has 0 atom stereocenters. The number of nitrogens with zero attached hydrogens (tertiary/aromatic N) is 1. The first-order valence-electron chi connectivity index (χ1n) is 9.22. The van der Waals surface area contributed by atoms with E-state index < -0.39 is 11.2 Å². The van der Waals surface area contributed by atoms with Crippen molar-refractivity contribution in [2.24, 2.45) is 0 Å². The summed E-state index contributed by atoms with van der Waals surface area (Å²) in [6.07, 6.45) is 5.18. The first-order chi connectivity index (χ1) is 12.5. The largest absolute Gasteiger partial charge is 0.423 e. The second-order valence-electron chi connectivity index (χ2n) is 7.24. The second-order valence-corrected chi connectivity index (χ2v) is 7.24. The third-order valence-corrected chi connectivity index (χ3v) is 5.58. The first-order valence-corrected chi connectivity index (χ1v) is 9.22. The summed E-state index contributed by atoms with van der Waals surface area (Å²) in [6, 6.07) is 6.71. The van der Waals surface area contributed by atoms with Crippen LogP contribution in [0.1, 0.15) is 50.2 Å². The van der Waals surface area contributed by atoms with Crippen LogP contribution in [0.4, 0.5) is 4.79 Å². The lowest BCUT2D eigenvalue weighted by atomic mass is 9.82. The fourth-order valence-electron chi connectivity index (χ4n) is 4.11. The molecule has 136 valence electrons. The zero-order valence-corrected chi connectivity index (χ0v) is 14.8. The third-order valence-electron chi connectivity index (χ3n) is 5.58. The third kappa shape index (κ3) is 2.69. The molecule has 1 aromatic heterocycles. The highest BCUT2D eigenvalue weighted by Crippen LogP contribution is 2.34. The van der Waals surface area contributed by atoms with Gasteiger partial charge in [0.2, 0.25) is 0 Å². The Balaban J connectivity index is 1.70. The van der Waals surface area contributed by atoms with E-state index in [0.717, 1.165) is 36.6 Å². The van der Waals surface area contributed by atoms with Crippen molar-refractivity contribution >= 4 is 22.9 Å². The number of benzene rings is 1. The van der Waals surface area contributed by atoms with Gasteiger partial charge in [0.25, 0.3) is 5.91 Å². The molecule has 6 heteroatoms. The number of urea groups is 1. The Labute approximate surface area is 151 Å². The molecule has 1 N–H and O–H groups in total. The van der Waals surface area contributed by atoms with Crippen molar-refractivity contribution in [1.82, 2.24) is 10.2 Å². The van der Waals surface area contributed by atoms with E-state index in [0.29, 0.717) is 24.0 Å². The molecule has 3 amide bonds. The number of hydrogen-bond acceptors (Lipinski definition) is 4. The topological polar surface area (TPSA) is 79.6 Å². The summed E-state index contributed by atoms with van der Waals surface area (Å²) in [7, 11) is 0. The normalized spacial score (nSPS) is 19.3. The molecular weight excluding hydrogens is 332 g/mol. The standard InChI is InChI=1S/C20H22N2O4/c1-2-13-6-7-15-14(11-17(23)26-16(15)10-13)12-22-18(24)20(21-19(22)25)8-4-3-5-9-20/h6-7,10-11H,2-5,8-9,12H2,1H3,(H,21,25). The van der Waals surface area contributed by atoms with E-state index in [-0.39, 0.29) is 18.5 Å². The monoisotopic (exact) mass is 354 g/mol. The minimum atomic E-state index is -0.750. The molecule has 0 unspecified atom stereocenters. The molecule has 2 fully saturated rings. The van der Waals surface area contributed by atoms with E-state index in [1.807, 2.05) is 25.1 Å². The number of fused-ring (bicyclic) bond motifs is 1. The number of amides is 3. The SMILES string of the molecule is CCc1ccc2c(CN3C(=O)NC4(CCCCC4)C3=O)cc(=O)oc2c1. The summed E-state index contributed by atoms with van der Waals surface area (Å²) in [5, 5.41) is 3.66. The van der Waals surface area contributed by atoms with Crippen LogP contribution in [0.3, 0.4) is 0 Å². The number of imide groups is 1. The molecule has 0 bridgehead atoms. The molecular formula is C20H22N2O4. The summed E-state index contributed by atoms with van der Waals surface area (Å²) in [5.41, 5.74) is 0.968. The lowest BCUT2D eigenvalue weighted by Gasteiger charge is -2.30. The molecule has 1 spiro atoms. The molecule has 2 heterocycles. The quantitative estimate of drug-likeness (QED) is 0.678. The highest BCUT2D eigenvalue weighted by molar-refractivity contribution is 6.07. The van der Waals surface area contributed by atoms with Crippen LogP contribution in [0.15, 0.2) is 33.5 Å². The Morgan fingerprint density at radius 2 is 1.88 bits per heavy atom. The molecule has 26 heavy (non-hydrogen) atoms. The zero-order valence-electron chi connectivity index (χ0n) is 14.8. The molecule has 6 nitrogen and oxygen atoms in total. The molecule has 1 saturated carbocycles. The molecule has 1 aliphatic carbocycles. The van der Waals surface area contributed by atoms with Crippen molar-refractivity contribution in [1.29, 1.82) is 0 Å². The van der Waals surface area contributed by atoms with Crippen molar-refractivity contribution in [2.45, 2.75) is 57.5 Å².